The first-order valence-corrected chi connectivity index (χ1v) is 9.93. The van der Waals surface area contributed by atoms with Gasteiger partial charge in [-0.25, -0.2) is 4.98 Å². The van der Waals surface area contributed by atoms with Crippen LogP contribution in [0.25, 0.3) is 11.3 Å². The van der Waals surface area contributed by atoms with Crippen LogP contribution in [0, 0.1) is 20.8 Å². The molecule has 1 unspecified atom stereocenters. The number of anilines is 1. The second-order valence-electron chi connectivity index (χ2n) is 6.82. The highest BCUT2D eigenvalue weighted by molar-refractivity contribution is 8.00. The van der Waals surface area contributed by atoms with Gasteiger partial charge in [-0.1, -0.05) is 59.8 Å². The number of H-pyrrole nitrogens is 1. The lowest BCUT2D eigenvalue weighted by Crippen LogP contribution is -2.24. The zero-order valence-electron chi connectivity index (χ0n) is 16.4. The Balaban J connectivity index is 1.78. The van der Waals surface area contributed by atoms with Crippen molar-refractivity contribution < 1.29 is 4.79 Å². The first-order chi connectivity index (χ1) is 13.3. The first-order valence-electron chi connectivity index (χ1n) is 9.05. The van der Waals surface area contributed by atoms with Crippen LogP contribution in [0.3, 0.4) is 0 Å². The van der Waals surface area contributed by atoms with Gasteiger partial charge in [0.1, 0.15) is 0 Å². The Hall–Kier alpha value is -2.86. The first kappa shape index (κ1) is 19.9. The van der Waals surface area contributed by atoms with Crippen molar-refractivity contribution in [2.45, 2.75) is 38.1 Å². The standard InChI is InChI=1S/C22H23N3O2S/c1-13-10-14(2)20(15(3)11-13)25-21(27)16(4)28-22-23-18(12-19(26)24-22)17-8-6-5-7-9-17/h5-12,16H,1-4H3,(H,25,27)(H,23,24,26). The third kappa shape index (κ3) is 4.70. The Labute approximate surface area is 168 Å². The molecule has 0 aliphatic carbocycles. The number of thioether (sulfide) groups is 1. The van der Waals surface area contributed by atoms with Crippen LogP contribution in [0.5, 0.6) is 0 Å². The van der Waals surface area contributed by atoms with Gasteiger partial charge in [-0.2, -0.15) is 0 Å². The number of aromatic amines is 1. The van der Waals surface area contributed by atoms with Gasteiger partial charge >= 0.3 is 0 Å². The lowest BCUT2D eigenvalue weighted by molar-refractivity contribution is -0.115. The fourth-order valence-corrected chi connectivity index (χ4v) is 3.88. The molecule has 0 saturated carbocycles. The lowest BCUT2D eigenvalue weighted by Gasteiger charge is -2.16. The van der Waals surface area contributed by atoms with Crippen molar-refractivity contribution in [2.24, 2.45) is 0 Å². The predicted octanol–water partition coefficient (Wildman–Crippen LogP) is 4.48. The topological polar surface area (TPSA) is 74.8 Å². The quantitative estimate of drug-likeness (QED) is 0.495. The maximum absolute atomic E-state index is 12.7. The number of carbonyl (C=O) groups excluding carboxylic acids is 1. The summed E-state index contributed by atoms with van der Waals surface area (Å²) in [5.41, 5.74) is 5.26. The molecular formula is C22H23N3O2S. The summed E-state index contributed by atoms with van der Waals surface area (Å²) in [6.07, 6.45) is 0. The van der Waals surface area contributed by atoms with Crippen LogP contribution < -0.4 is 10.9 Å². The summed E-state index contributed by atoms with van der Waals surface area (Å²) in [5, 5.41) is 3.01. The summed E-state index contributed by atoms with van der Waals surface area (Å²) < 4.78 is 0. The SMILES string of the molecule is Cc1cc(C)c(NC(=O)C(C)Sc2nc(-c3ccccc3)cc(=O)[nH]2)c(C)c1. The van der Waals surface area contributed by atoms with Gasteiger partial charge in [0.2, 0.25) is 5.91 Å². The van der Waals surface area contributed by atoms with Crippen LogP contribution >= 0.6 is 11.8 Å². The molecule has 28 heavy (non-hydrogen) atoms. The normalized spacial score (nSPS) is 11.9. The Morgan fingerprint density at radius 1 is 1.07 bits per heavy atom. The average Bonchev–Trinajstić information content (AvgIpc) is 2.64. The minimum Gasteiger partial charge on any atom is -0.325 e. The Kier molecular flexibility index (Phi) is 5.99. The second kappa shape index (κ2) is 8.44. The molecule has 2 aromatic carbocycles. The summed E-state index contributed by atoms with van der Waals surface area (Å²) >= 11 is 1.23. The summed E-state index contributed by atoms with van der Waals surface area (Å²) in [6, 6.07) is 15.0. The molecule has 144 valence electrons. The van der Waals surface area contributed by atoms with Crippen LogP contribution in [-0.2, 0) is 4.79 Å². The number of nitrogens with zero attached hydrogens (tertiary/aromatic N) is 1. The number of rotatable bonds is 5. The van der Waals surface area contributed by atoms with Crippen LogP contribution in [0.2, 0.25) is 0 Å². The van der Waals surface area contributed by atoms with Crippen LogP contribution in [0.1, 0.15) is 23.6 Å². The van der Waals surface area contributed by atoms with Crippen molar-refractivity contribution in [3.8, 4) is 11.3 Å². The Morgan fingerprint density at radius 3 is 2.36 bits per heavy atom. The summed E-state index contributed by atoms with van der Waals surface area (Å²) in [6.45, 7) is 7.80. The second-order valence-corrected chi connectivity index (χ2v) is 8.15. The van der Waals surface area contributed by atoms with E-state index in [2.05, 4.69) is 15.3 Å². The van der Waals surface area contributed by atoms with E-state index in [-0.39, 0.29) is 11.5 Å². The number of nitrogens with one attached hydrogen (secondary N) is 2. The molecule has 0 fully saturated rings. The van der Waals surface area contributed by atoms with Crippen molar-refractivity contribution in [1.82, 2.24) is 9.97 Å². The zero-order valence-corrected chi connectivity index (χ0v) is 17.2. The van der Waals surface area contributed by atoms with E-state index >= 15 is 0 Å². The Bertz CT molecular complexity index is 1040. The van der Waals surface area contributed by atoms with Gasteiger partial charge in [-0.05, 0) is 38.8 Å². The smallest absolute Gasteiger partial charge is 0.252 e. The molecule has 1 amide bonds. The summed E-state index contributed by atoms with van der Waals surface area (Å²) in [7, 11) is 0. The molecule has 1 aromatic heterocycles. The van der Waals surface area contributed by atoms with Crippen molar-refractivity contribution in [2.75, 3.05) is 5.32 Å². The van der Waals surface area contributed by atoms with Gasteiger partial charge in [-0.15, -0.1) is 0 Å². The summed E-state index contributed by atoms with van der Waals surface area (Å²) in [4.78, 5) is 32.0. The van der Waals surface area contributed by atoms with Crippen molar-refractivity contribution in [3.63, 3.8) is 0 Å². The van der Waals surface area contributed by atoms with E-state index < -0.39 is 5.25 Å². The molecule has 3 rings (SSSR count). The largest absolute Gasteiger partial charge is 0.325 e. The molecule has 0 bridgehead atoms. The van der Waals surface area contributed by atoms with Gasteiger partial charge in [-0.3, -0.25) is 9.59 Å². The maximum Gasteiger partial charge on any atom is 0.252 e. The monoisotopic (exact) mass is 393 g/mol. The molecular weight excluding hydrogens is 370 g/mol. The van der Waals surface area contributed by atoms with Gasteiger partial charge in [0.25, 0.3) is 5.56 Å². The van der Waals surface area contributed by atoms with E-state index in [1.165, 1.54) is 17.8 Å². The van der Waals surface area contributed by atoms with Crippen LogP contribution in [-0.4, -0.2) is 21.1 Å². The van der Waals surface area contributed by atoms with Gasteiger partial charge < -0.3 is 10.3 Å². The van der Waals surface area contributed by atoms with E-state index in [4.69, 9.17) is 0 Å². The van der Waals surface area contributed by atoms with Crippen molar-refractivity contribution in [3.05, 3.63) is 75.6 Å². The number of benzene rings is 2. The molecule has 0 saturated heterocycles. The molecule has 0 radical (unpaired) electrons. The average molecular weight is 394 g/mol. The highest BCUT2D eigenvalue weighted by atomic mass is 32.2. The van der Waals surface area contributed by atoms with Crippen molar-refractivity contribution in [1.29, 1.82) is 0 Å². The molecule has 0 aliphatic heterocycles. The molecule has 2 N–H and O–H groups in total. The van der Waals surface area contributed by atoms with Crippen LogP contribution in [0.15, 0.2) is 58.5 Å². The number of aromatic nitrogens is 2. The van der Waals surface area contributed by atoms with E-state index in [9.17, 15) is 9.59 Å². The molecule has 1 heterocycles. The number of hydrogen-bond acceptors (Lipinski definition) is 4. The Morgan fingerprint density at radius 2 is 1.71 bits per heavy atom. The fraction of sp³-hybridized carbons (Fsp3) is 0.227. The van der Waals surface area contributed by atoms with E-state index in [1.54, 1.807) is 6.92 Å². The number of aryl methyl sites for hydroxylation is 3. The molecule has 3 aromatic rings. The zero-order chi connectivity index (χ0) is 20.3. The minimum absolute atomic E-state index is 0.132. The maximum atomic E-state index is 12.7. The van der Waals surface area contributed by atoms with E-state index in [0.29, 0.717) is 10.9 Å². The van der Waals surface area contributed by atoms with Gasteiger partial charge in [0.15, 0.2) is 5.16 Å². The third-order valence-electron chi connectivity index (χ3n) is 4.37. The molecule has 0 aliphatic rings. The highest BCUT2D eigenvalue weighted by Gasteiger charge is 2.18. The molecule has 6 heteroatoms. The third-order valence-corrected chi connectivity index (χ3v) is 5.36. The van der Waals surface area contributed by atoms with Gasteiger partial charge in [0.05, 0.1) is 10.9 Å². The van der Waals surface area contributed by atoms with Crippen LogP contribution in [0.4, 0.5) is 5.69 Å². The lowest BCUT2D eigenvalue weighted by atomic mass is 10.1. The highest BCUT2D eigenvalue weighted by Crippen LogP contribution is 2.26. The molecule has 1 atom stereocenters. The van der Waals surface area contributed by atoms with Gasteiger partial charge in [0, 0.05) is 17.3 Å². The van der Waals surface area contributed by atoms with E-state index in [0.717, 1.165) is 27.9 Å². The summed E-state index contributed by atoms with van der Waals surface area (Å²) in [5.74, 6) is -0.132. The van der Waals surface area contributed by atoms with Crippen molar-refractivity contribution >= 4 is 23.4 Å². The molecule has 5 nitrogen and oxygen atoms in total. The van der Waals surface area contributed by atoms with E-state index in [1.807, 2.05) is 63.2 Å². The minimum atomic E-state index is -0.422. The number of hydrogen-bond donors (Lipinski definition) is 2. The predicted molar refractivity (Wildman–Crippen MR) is 115 cm³/mol. The molecule has 0 spiro atoms. The fourth-order valence-electron chi connectivity index (χ4n) is 3.07. The number of amides is 1. The number of carbonyl (C=O) groups is 1.